The zero-order valence-corrected chi connectivity index (χ0v) is 14.2. The molecular formula is C14H20N6O2S. The van der Waals surface area contributed by atoms with Crippen molar-refractivity contribution in [2.45, 2.75) is 30.7 Å². The molecule has 8 nitrogen and oxygen atoms in total. The molecule has 3 heterocycles. The van der Waals surface area contributed by atoms with Crippen LogP contribution in [-0.4, -0.2) is 46.1 Å². The molecule has 0 spiro atoms. The van der Waals surface area contributed by atoms with Gasteiger partial charge in [0.1, 0.15) is 10.7 Å². The highest BCUT2D eigenvalue weighted by Gasteiger charge is 2.38. The van der Waals surface area contributed by atoms with Crippen molar-refractivity contribution in [3.05, 3.63) is 30.0 Å². The topological polar surface area (TPSA) is 93.0 Å². The number of hydrogen-bond donors (Lipinski definition) is 1. The number of sulfonamides is 1. The van der Waals surface area contributed by atoms with Crippen molar-refractivity contribution < 1.29 is 8.42 Å². The molecule has 0 aromatic carbocycles. The van der Waals surface area contributed by atoms with Crippen LogP contribution in [0.3, 0.4) is 0 Å². The van der Waals surface area contributed by atoms with E-state index < -0.39 is 10.0 Å². The number of rotatable bonds is 4. The van der Waals surface area contributed by atoms with Crippen LogP contribution < -0.4 is 5.32 Å². The highest BCUT2D eigenvalue weighted by atomic mass is 32.2. The molecule has 1 aliphatic heterocycles. The van der Waals surface area contributed by atoms with Gasteiger partial charge in [-0.3, -0.25) is 9.67 Å². The first kappa shape index (κ1) is 15.9. The number of anilines is 1. The summed E-state index contributed by atoms with van der Waals surface area (Å²) in [4.78, 5) is 8.86. The van der Waals surface area contributed by atoms with Gasteiger partial charge in [0.15, 0.2) is 0 Å². The zero-order valence-electron chi connectivity index (χ0n) is 13.4. The molecule has 2 aromatic rings. The van der Waals surface area contributed by atoms with Gasteiger partial charge in [-0.2, -0.15) is 9.40 Å². The number of nitrogens with one attached hydrogen (secondary N) is 1. The fraction of sp³-hybridized carbons (Fsp3) is 0.500. The molecule has 1 atom stereocenters. The summed E-state index contributed by atoms with van der Waals surface area (Å²) in [5, 5.41) is 7.08. The van der Waals surface area contributed by atoms with E-state index in [1.807, 2.05) is 0 Å². The summed E-state index contributed by atoms with van der Waals surface area (Å²) >= 11 is 0. The third kappa shape index (κ3) is 2.81. The predicted octanol–water partition coefficient (Wildman–Crippen LogP) is 1.09. The molecule has 1 aliphatic rings. The van der Waals surface area contributed by atoms with Crippen LogP contribution in [0.25, 0.3) is 0 Å². The summed E-state index contributed by atoms with van der Waals surface area (Å²) in [5.74, 6) is 0.629. The van der Waals surface area contributed by atoms with Crippen molar-refractivity contribution >= 4 is 15.8 Å². The maximum Gasteiger partial charge on any atom is 0.247 e. The van der Waals surface area contributed by atoms with Crippen LogP contribution in [0.1, 0.15) is 30.3 Å². The Hall–Kier alpha value is -2.00. The fourth-order valence-electron chi connectivity index (χ4n) is 2.94. The van der Waals surface area contributed by atoms with Gasteiger partial charge in [-0.05, 0) is 19.8 Å². The average Bonchev–Trinajstić information content (AvgIpc) is 3.14. The summed E-state index contributed by atoms with van der Waals surface area (Å²) in [6.07, 6.45) is 6.34. The van der Waals surface area contributed by atoms with E-state index in [-0.39, 0.29) is 10.9 Å². The number of nitrogens with zero attached hydrogens (tertiary/aromatic N) is 5. The Kier molecular flexibility index (Phi) is 4.07. The molecule has 2 aromatic heterocycles. The third-order valence-corrected chi connectivity index (χ3v) is 6.02. The average molecular weight is 336 g/mol. The molecule has 23 heavy (non-hydrogen) atoms. The lowest BCUT2D eigenvalue weighted by atomic mass is 10.2. The van der Waals surface area contributed by atoms with Crippen LogP contribution in [0.4, 0.5) is 5.82 Å². The van der Waals surface area contributed by atoms with Crippen LogP contribution in [0, 0.1) is 6.92 Å². The van der Waals surface area contributed by atoms with Gasteiger partial charge in [0.05, 0.1) is 29.8 Å². The molecule has 0 unspecified atom stereocenters. The Morgan fingerprint density at radius 3 is 2.78 bits per heavy atom. The van der Waals surface area contributed by atoms with Crippen molar-refractivity contribution in [3.63, 3.8) is 0 Å². The van der Waals surface area contributed by atoms with Crippen LogP contribution in [0.5, 0.6) is 0 Å². The number of aryl methyl sites for hydroxylation is 2. The minimum Gasteiger partial charge on any atom is -0.372 e. The molecule has 0 radical (unpaired) electrons. The van der Waals surface area contributed by atoms with E-state index in [9.17, 15) is 8.42 Å². The molecule has 0 saturated carbocycles. The Labute approximate surface area is 135 Å². The van der Waals surface area contributed by atoms with Crippen molar-refractivity contribution in [2.24, 2.45) is 7.05 Å². The summed E-state index contributed by atoms with van der Waals surface area (Å²) in [6.45, 7) is 2.19. The van der Waals surface area contributed by atoms with E-state index in [0.29, 0.717) is 23.8 Å². The molecule has 1 saturated heterocycles. The van der Waals surface area contributed by atoms with Crippen molar-refractivity contribution in [3.8, 4) is 0 Å². The van der Waals surface area contributed by atoms with Gasteiger partial charge in [-0.15, -0.1) is 0 Å². The molecule has 0 aliphatic carbocycles. The quantitative estimate of drug-likeness (QED) is 0.898. The molecule has 124 valence electrons. The monoisotopic (exact) mass is 336 g/mol. The van der Waals surface area contributed by atoms with Gasteiger partial charge in [0.2, 0.25) is 10.0 Å². The van der Waals surface area contributed by atoms with E-state index >= 15 is 0 Å². The normalized spacial score (nSPS) is 19.2. The lowest BCUT2D eigenvalue weighted by Crippen LogP contribution is -2.31. The second-order valence-corrected chi connectivity index (χ2v) is 7.46. The van der Waals surface area contributed by atoms with Crippen LogP contribution in [0.15, 0.2) is 23.5 Å². The van der Waals surface area contributed by atoms with Crippen molar-refractivity contribution in [1.29, 1.82) is 0 Å². The third-order valence-electron chi connectivity index (χ3n) is 4.01. The van der Waals surface area contributed by atoms with Gasteiger partial charge in [-0.25, -0.2) is 13.4 Å². The Morgan fingerprint density at radius 2 is 2.13 bits per heavy atom. The van der Waals surface area contributed by atoms with Crippen LogP contribution in [-0.2, 0) is 17.1 Å². The Bertz CT molecular complexity index is 816. The van der Waals surface area contributed by atoms with Gasteiger partial charge in [0.25, 0.3) is 0 Å². The zero-order chi connectivity index (χ0) is 16.6. The van der Waals surface area contributed by atoms with E-state index in [1.165, 1.54) is 8.99 Å². The van der Waals surface area contributed by atoms with E-state index in [4.69, 9.17) is 0 Å². The molecule has 3 rings (SSSR count). The minimum atomic E-state index is -3.60. The Balaban J connectivity index is 1.99. The molecule has 0 amide bonds. The molecule has 0 bridgehead atoms. The fourth-order valence-corrected chi connectivity index (χ4v) is 4.81. The van der Waals surface area contributed by atoms with Crippen molar-refractivity contribution in [2.75, 3.05) is 18.9 Å². The first-order valence-corrected chi connectivity index (χ1v) is 8.89. The SMILES string of the molecule is CNc1cncc([C@@H]2CCCN2S(=O)(=O)c2cn(C)nc2C)n1. The summed E-state index contributed by atoms with van der Waals surface area (Å²) in [7, 11) is -0.126. The first-order chi connectivity index (χ1) is 10.9. The first-order valence-electron chi connectivity index (χ1n) is 7.45. The summed E-state index contributed by atoms with van der Waals surface area (Å²) in [6, 6.07) is -0.291. The molecular weight excluding hydrogens is 316 g/mol. The summed E-state index contributed by atoms with van der Waals surface area (Å²) < 4.78 is 29.1. The highest BCUT2D eigenvalue weighted by molar-refractivity contribution is 7.89. The molecule has 1 N–H and O–H groups in total. The lowest BCUT2D eigenvalue weighted by Gasteiger charge is -2.23. The highest BCUT2D eigenvalue weighted by Crippen LogP contribution is 2.36. The second kappa shape index (κ2) is 5.89. The van der Waals surface area contributed by atoms with Crippen molar-refractivity contribution in [1.82, 2.24) is 24.1 Å². The number of aromatic nitrogens is 4. The standard InChI is InChI=1S/C14H20N6O2S/c1-10-13(9-19(3)18-10)23(21,22)20-6-4-5-12(20)11-7-16-8-14(15-2)17-11/h7-9,12H,4-6H2,1-3H3,(H,15,17)/t12-/m0/s1. The van der Waals surface area contributed by atoms with Gasteiger partial charge in [0, 0.05) is 26.8 Å². The maximum absolute atomic E-state index is 13.0. The van der Waals surface area contributed by atoms with Crippen LogP contribution in [0.2, 0.25) is 0 Å². The smallest absolute Gasteiger partial charge is 0.247 e. The summed E-state index contributed by atoms with van der Waals surface area (Å²) in [5.41, 5.74) is 1.17. The minimum absolute atomic E-state index is 0.254. The maximum atomic E-state index is 13.0. The van der Waals surface area contributed by atoms with Gasteiger partial charge in [-0.1, -0.05) is 0 Å². The Morgan fingerprint density at radius 1 is 1.35 bits per heavy atom. The largest absolute Gasteiger partial charge is 0.372 e. The van der Waals surface area contributed by atoms with Gasteiger partial charge >= 0.3 is 0 Å². The van der Waals surface area contributed by atoms with E-state index in [0.717, 1.165) is 12.8 Å². The number of hydrogen-bond acceptors (Lipinski definition) is 6. The van der Waals surface area contributed by atoms with E-state index in [1.54, 1.807) is 39.6 Å². The predicted molar refractivity (Wildman–Crippen MR) is 85.4 cm³/mol. The molecule has 1 fully saturated rings. The van der Waals surface area contributed by atoms with E-state index in [2.05, 4.69) is 20.4 Å². The lowest BCUT2D eigenvalue weighted by molar-refractivity contribution is 0.389. The van der Waals surface area contributed by atoms with Crippen LogP contribution >= 0.6 is 0 Å². The molecule has 9 heteroatoms. The second-order valence-electron chi connectivity index (χ2n) is 5.61. The van der Waals surface area contributed by atoms with Gasteiger partial charge < -0.3 is 5.32 Å².